The number of rotatable bonds is 6. The Morgan fingerprint density at radius 1 is 1.04 bits per heavy atom. The molecule has 1 aromatic heterocycles. The van der Waals surface area contributed by atoms with E-state index in [9.17, 15) is 14.6 Å². The van der Waals surface area contributed by atoms with Gasteiger partial charge in [-0.25, -0.2) is 14.1 Å². The molecule has 1 heterocycles. The van der Waals surface area contributed by atoms with E-state index in [0.29, 0.717) is 5.82 Å². The number of nitrogens with zero attached hydrogens (tertiary/aromatic N) is 3. The molecule has 3 aromatic rings. The molecule has 124 valence electrons. The van der Waals surface area contributed by atoms with Crippen LogP contribution in [0.3, 0.4) is 0 Å². The van der Waals surface area contributed by atoms with E-state index in [0.717, 1.165) is 5.69 Å². The van der Waals surface area contributed by atoms with Crippen molar-refractivity contribution in [2.24, 2.45) is 0 Å². The van der Waals surface area contributed by atoms with Gasteiger partial charge in [0.05, 0.1) is 18.9 Å². The average molecular weight is 329 g/mol. The Bertz CT molecular complexity index is 796. The minimum absolute atomic E-state index is 0.0332. The number of aliphatic hydroxyl groups is 2. The van der Waals surface area contributed by atoms with Gasteiger partial charge in [-0.2, -0.15) is 0 Å². The Hall–Kier alpha value is -2.77. The van der Waals surface area contributed by atoms with E-state index in [4.69, 9.17) is 4.74 Å². The zero-order chi connectivity index (χ0) is 16.9. The number of hydrogen-bond acceptors (Lipinski definition) is 5. The molecule has 0 aliphatic heterocycles. The maximum atomic E-state index is 13.4. The lowest BCUT2D eigenvalue weighted by atomic mass is 10.1. The molecule has 0 saturated heterocycles. The van der Waals surface area contributed by atoms with Crippen LogP contribution in [-0.2, 0) is 19.8 Å². The van der Waals surface area contributed by atoms with Crippen molar-refractivity contribution in [3.05, 3.63) is 71.6 Å². The molecule has 0 amide bonds. The van der Waals surface area contributed by atoms with Gasteiger partial charge < -0.3 is 14.9 Å². The van der Waals surface area contributed by atoms with Crippen molar-refractivity contribution >= 4 is 0 Å². The molecule has 24 heavy (non-hydrogen) atoms. The molecule has 0 aliphatic rings. The highest BCUT2D eigenvalue weighted by Gasteiger charge is 2.13. The second-order valence-electron chi connectivity index (χ2n) is 5.10. The van der Waals surface area contributed by atoms with Crippen molar-refractivity contribution in [1.82, 2.24) is 14.8 Å². The molecule has 2 aromatic carbocycles. The van der Waals surface area contributed by atoms with Crippen LogP contribution in [-0.4, -0.2) is 25.0 Å². The molecule has 3 rings (SSSR count). The normalized spacial score (nSPS) is 10.8. The van der Waals surface area contributed by atoms with Gasteiger partial charge in [0, 0.05) is 11.1 Å². The van der Waals surface area contributed by atoms with Gasteiger partial charge in [0.1, 0.15) is 24.5 Å². The molecule has 0 bridgehead atoms. The van der Waals surface area contributed by atoms with Gasteiger partial charge in [-0.1, -0.05) is 18.2 Å². The number of ether oxygens (including phenoxy) is 1. The van der Waals surface area contributed by atoms with Crippen molar-refractivity contribution < 1.29 is 19.3 Å². The summed E-state index contributed by atoms with van der Waals surface area (Å²) in [6.07, 6.45) is 1.57. The minimum atomic E-state index is -0.540. The van der Waals surface area contributed by atoms with Gasteiger partial charge in [-0.15, -0.1) is 5.10 Å². The molecule has 0 saturated carbocycles. The molecule has 0 spiro atoms. The second kappa shape index (κ2) is 7.20. The number of benzene rings is 2. The van der Waals surface area contributed by atoms with Gasteiger partial charge >= 0.3 is 0 Å². The van der Waals surface area contributed by atoms with Gasteiger partial charge in [-0.05, 0) is 24.3 Å². The lowest BCUT2D eigenvalue weighted by Crippen LogP contribution is -2.05. The van der Waals surface area contributed by atoms with E-state index in [1.54, 1.807) is 11.0 Å². The first-order chi connectivity index (χ1) is 11.7. The number of halogens is 1. The van der Waals surface area contributed by atoms with Gasteiger partial charge in [0.2, 0.25) is 0 Å². The quantitative estimate of drug-likeness (QED) is 0.723. The van der Waals surface area contributed by atoms with Gasteiger partial charge in [0.25, 0.3) is 0 Å². The smallest absolute Gasteiger partial charge is 0.188 e. The first-order valence-electron chi connectivity index (χ1n) is 7.33. The summed E-state index contributed by atoms with van der Waals surface area (Å²) in [4.78, 5) is 4.16. The lowest BCUT2D eigenvalue weighted by Gasteiger charge is -2.13. The molecule has 0 radical (unpaired) electrons. The van der Waals surface area contributed by atoms with E-state index in [1.807, 2.05) is 30.3 Å². The fraction of sp³-hybridized carbons (Fsp3) is 0.176. The third-order valence-electron chi connectivity index (χ3n) is 3.45. The van der Waals surface area contributed by atoms with E-state index >= 15 is 0 Å². The first kappa shape index (κ1) is 16.1. The molecule has 6 nitrogen and oxygen atoms in total. The van der Waals surface area contributed by atoms with Crippen LogP contribution >= 0.6 is 0 Å². The van der Waals surface area contributed by atoms with Crippen LogP contribution in [0.4, 0.5) is 4.39 Å². The summed E-state index contributed by atoms with van der Waals surface area (Å²) in [5, 5.41) is 23.0. The summed E-state index contributed by atoms with van der Waals surface area (Å²) in [6, 6.07) is 11.8. The number of hydrogen-bond donors (Lipinski definition) is 2. The highest BCUT2D eigenvalue weighted by Crippen LogP contribution is 2.26. The topological polar surface area (TPSA) is 80.4 Å². The Kier molecular flexibility index (Phi) is 4.83. The van der Waals surface area contributed by atoms with E-state index in [1.165, 1.54) is 12.1 Å². The Balaban J connectivity index is 1.78. The third-order valence-corrected chi connectivity index (χ3v) is 3.45. The largest absolute Gasteiger partial charge is 0.485 e. The molecule has 2 N–H and O–H groups in total. The molecule has 0 atom stereocenters. The molecule has 0 fully saturated rings. The highest BCUT2D eigenvalue weighted by molar-refractivity contribution is 5.41. The maximum Gasteiger partial charge on any atom is 0.188 e. The summed E-state index contributed by atoms with van der Waals surface area (Å²) in [5.41, 5.74) is 1.40. The zero-order valence-electron chi connectivity index (χ0n) is 12.8. The Morgan fingerprint density at radius 3 is 2.33 bits per heavy atom. The molecular weight excluding hydrogens is 313 g/mol. The highest BCUT2D eigenvalue weighted by atomic mass is 19.1. The van der Waals surface area contributed by atoms with Crippen molar-refractivity contribution in [3.8, 4) is 11.4 Å². The average Bonchev–Trinajstić information content (AvgIpc) is 3.09. The van der Waals surface area contributed by atoms with Gasteiger partial charge in [0.15, 0.2) is 5.82 Å². The molecule has 0 unspecified atom stereocenters. The van der Waals surface area contributed by atoms with E-state index < -0.39 is 19.0 Å². The number of para-hydroxylation sites is 1. The summed E-state index contributed by atoms with van der Waals surface area (Å²) in [5.74, 6) is 0.135. The first-order valence-corrected chi connectivity index (χ1v) is 7.33. The van der Waals surface area contributed by atoms with Crippen molar-refractivity contribution in [3.63, 3.8) is 0 Å². The predicted octanol–water partition coefficient (Wildman–Crippen LogP) is 1.97. The standard InChI is InChI=1S/C17H16FN3O3/c18-14-6-12(8-22)17(13(7-14)9-23)24-10-16-19-11-21(20-16)15-4-2-1-3-5-15/h1-7,11,22-23H,8-10H2. The summed E-state index contributed by atoms with van der Waals surface area (Å²) < 4.78 is 20.7. The Morgan fingerprint density at radius 2 is 1.71 bits per heavy atom. The van der Waals surface area contributed by atoms with Crippen molar-refractivity contribution in [1.29, 1.82) is 0 Å². The minimum Gasteiger partial charge on any atom is -0.485 e. The number of aromatic nitrogens is 3. The van der Waals surface area contributed by atoms with E-state index in [2.05, 4.69) is 10.1 Å². The second-order valence-corrected chi connectivity index (χ2v) is 5.10. The van der Waals surface area contributed by atoms with Crippen LogP contribution in [0, 0.1) is 5.82 Å². The monoisotopic (exact) mass is 329 g/mol. The molecule has 7 heteroatoms. The summed E-state index contributed by atoms with van der Waals surface area (Å²) >= 11 is 0. The fourth-order valence-electron chi connectivity index (χ4n) is 2.34. The van der Waals surface area contributed by atoms with E-state index in [-0.39, 0.29) is 23.5 Å². The summed E-state index contributed by atoms with van der Waals surface area (Å²) in [7, 11) is 0. The fourth-order valence-corrected chi connectivity index (χ4v) is 2.34. The van der Waals surface area contributed by atoms with Crippen molar-refractivity contribution in [2.45, 2.75) is 19.8 Å². The van der Waals surface area contributed by atoms with Crippen LogP contribution in [0.25, 0.3) is 5.69 Å². The van der Waals surface area contributed by atoms with Crippen LogP contribution in [0.15, 0.2) is 48.8 Å². The van der Waals surface area contributed by atoms with Crippen molar-refractivity contribution in [2.75, 3.05) is 0 Å². The van der Waals surface area contributed by atoms with Gasteiger partial charge in [-0.3, -0.25) is 0 Å². The SMILES string of the molecule is OCc1cc(F)cc(CO)c1OCc1ncn(-c2ccccc2)n1. The maximum absolute atomic E-state index is 13.4. The van der Waals surface area contributed by atoms with Crippen LogP contribution in [0.1, 0.15) is 17.0 Å². The lowest BCUT2D eigenvalue weighted by molar-refractivity contribution is 0.238. The van der Waals surface area contributed by atoms with Crippen LogP contribution < -0.4 is 4.74 Å². The zero-order valence-corrected chi connectivity index (χ0v) is 12.8. The Labute approximate surface area is 137 Å². The number of aliphatic hydroxyl groups excluding tert-OH is 2. The molecule has 0 aliphatic carbocycles. The summed E-state index contributed by atoms with van der Waals surface area (Å²) in [6.45, 7) is -0.760. The predicted molar refractivity (Wildman–Crippen MR) is 83.9 cm³/mol. The third kappa shape index (κ3) is 3.42. The van der Waals surface area contributed by atoms with Crippen LogP contribution in [0.5, 0.6) is 5.75 Å². The van der Waals surface area contributed by atoms with Crippen LogP contribution in [0.2, 0.25) is 0 Å². The molecular formula is C17H16FN3O3.